The van der Waals surface area contributed by atoms with Crippen LogP contribution in [0.25, 0.3) is 0 Å². The molecule has 1 fully saturated rings. The van der Waals surface area contributed by atoms with Crippen molar-refractivity contribution in [1.29, 1.82) is 0 Å². The number of thioether (sulfide) groups is 1. The Bertz CT molecular complexity index is 446. The molecular formula is C16H24N2OS. The molecule has 1 aliphatic heterocycles. The highest BCUT2D eigenvalue weighted by Gasteiger charge is 2.31. The van der Waals surface area contributed by atoms with E-state index in [1.165, 1.54) is 5.56 Å². The lowest BCUT2D eigenvalue weighted by molar-refractivity contribution is 0.0532. The molecule has 0 bridgehead atoms. The molecule has 4 heteroatoms. The van der Waals surface area contributed by atoms with Crippen LogP contribution in [-0.4, -0.2) is 36.2 Å². The van der Waals surface area contributed by atoms with Gasteiger partial charge >= 0.3 is 0 Å². The summed E-state index contributed by atoms with van der Waals surface area (Å²) < 4.78 is 0. The Balaban J connectivity index is 2.12. The number of amides is 1. The summed E-state index contributed by atoms with van der Waals surface area (Å²) in [6.07, 6.45) is 4.33. The van der Waals surface area contributed by atoms with Crippen LogP contribution in [-0.2, 0) is 5.75 Å². The van der Waals surface area contributed by atoms with E-state index >= 15 is 0 Å². The van der Waals surface area contributed by atoms with E-state index in [1.54, 1.807) is 11.8 Å². The van der Waals surface area contributed by atoms with E-state index in [9.17, 15) is 4.79 Å². The molecule has 0 radical (unpaired) electrons. The van der Waals surface area contributed by atoms with Gasteiger partial charge in [0.25, 0.3) is 5.91 Å². The number of carbonyl (C=O) groups excluding carboxylic acids is 1. The molecule has 2 atom stereocenters. The van der Waals surface area contributed by atoms with Crippen molar-refractivity contribution in [3.8, 4) is 0 Å². The summed E-state index contributed by atoms with van der Waals surface area (Å²) >= 11 is 1.79. The van der Waals surface area contributed by atoms with Gasteiger partial charge in [0.1, 0.15) is 0 Å². The zero-order valence-electron chi connectivity index (χ0n) is 12.3. The SMILES string of the molecule is CSCc1ccc(C(=O)N2CCCC(C)C2CN)cc1. The van der Waals surface area contributed by atoms with Crippen molar-refractivity contribution in [2.75, 3.05) is 19.3 Å². The quantitative estimate of drug-likeness (QED) is 0.928. The van der Waals surface area contributed by atoms with Crippen LogP contribution in [0.15, 0.2) is 24.3 Å². The van der Waals surface area contributed by atoms with E-state index in [2.05, 4.69) is 25.3 Å². The maximum atomic E-state index is 12.6. The van der Waals surface area contributed by atoms with Gasteiger partial charge < -0.3 is 10.6 Å². The Labute approximate surface area is 125 Å². The highest BCUT2D eigenvalue weighted by atomic mass is 32.2. The van der Waals surface area contributed by atoms with Crippen molar-refractivity contribution < 1.29 is 4.79 Å². The number of nitrogens with zero attached hydrogens (tertiary/aromatic N) is 1. The number of hydrogen-bond donors (Lipinski definition) is 1. The first-order chi connectivity index (χ1) is 9.67. The lowest BCUT2D eigenvalue weighted by atomic mass is 9.90. The Morgan fingerprint density at radius 2 is 2.10 bits per heavy atom. The van der Waals surface area contributed by atoms with Crippen molar-refractivity contribution >= 4 is 17.7 Å². The molecule has 1 aliphatic rings. The third-order valence-electron chi connectivity index (χ3n) is 4.13. The molecule has 2 unspecified atom stereocenters. The molecule has 1 aromatic carbocycles. The first kappa shape index (κ1) is 15.4. The second-order valence-corrected chi connectivity index (χ2v) is 6.42. The molecular weight excluding hydrogens is 268 g/mol. The molecule has 2 rings (SSSR count). The van der Waals surface area contributed by atoms with Gasteiger partial charge in [-0.2, -0.15) is 11.8 Å². The fourth-order valence-electron chi connectivity index (χ4n) is 2.94. The number of likely N-dealkylation sites (tertiary alicyclic amines) is 1. The van der Waals surface area contributed by atoms with Crippen LogP contribution in [0, 0.1) is 5.92 Å². The minimum Gasteiger partial charge on any atom is -0.334 e. The minimum absolute atomic E-state index is 0.128. The van der Waals surface area contributed by atoms with Crippen molar-refractivity contribution in [3.63, 3.8) is 0 Å². The molecule has 1 aromatic rings. The summed E-state index contributed by atoms with van der Waals surface area (Å²) in [6.45, 7) is 3.58. The maximum absolute atomic E-state index is 12.6. The molecule has 0 saturated carbocycles. The van der Waals surface area contributed by atoms with Gasteiger partial charge in [0, 0.05) is 30.4 Å². The average Bonchev–Trinajstić information content (AvgIpc) is 2.47. The number of carbonyl (C=O) groups is 1. The summed E-state index contributed by atoms with van der Waals surface area (Å²) in [4.78, 5) is 14.6. The van der Waals surface area contributed by atoms with Crippen LogP contribution in [0.3, 0.4) is 0 Å². The Hall–Kier alpha value is -1.00. The molecule has 110 valence electrons. The number of nitrogens with two attached hydrogens (primary N) is 1. The zero-order chi connectivity index (χ0) is 14.5. The lowest BCUT2D eigenvalue weighted by Crippen LogP contribution is -2.51. The number of benzene rings is 1. The first-order valence-corrected chi connectivity index (χ1v) is 8.65. The van der Waals surface area contributed by atoms with E-state index in [1.807, 2.05) is 17.0 Å². The lowest BCUT2D eigenvalue weighted by Gasteiger charge is -2.39. The smallest absolute Gasteiger partial charge is 0.254 e. The van der Waals surface area contributed by atoms with Crippen molar-refractivity contribution in [2.24, 2.45) is 11.7 Å². The van der Waals surface area contributed by atoms with Gasteiger partial charge in [0.2, 0.25) is 0 Å². The first-order valence-electron chi connectivity index (χ1n) is 7.26. The van der Waals surface area contributed by atoms with Crippen LogP contribution in [0.1, 0.15) is 35.7 Å². The molecule has 1 heterocycles. The number of piperidine rings is 1. The average molecular weight is 292 g/mol. The van der Waals surface area contributed by atoms with Crippen LogP contribution >= 0.6 is 11.8 Å². The molecule has 1 amide bonds. The van der Waals surface area contributed by atoms with Gasteiger partial charge in [-0.15, -0.1) is 0 Å². The van der Waals surface area contributed by atoms with Crippen LogP contribution in [0.4, 0.5) is 0 Å². The van der Waals surface area contributed by atoms with E-state index in [0.29, 0.717) is 12.5 Å². The van der Waals surface area contributed by atoms with Gasteiger partial charge in [-0.1, -0.05) is 19.1 Å². The third-order valence-corrected chi connectivity index (χ3v) is 4.75. The normalized spacial score (nSPS) is 22.9. The highest BCUT2D eigenvalue weighted by Crippen LogP contribution is 2.24. The van der Waals surface area contributed by atoms with Gasteiger partial charge in [0.05, 0.1) is 0 Å². The van der Waals surface area contributed by atoms with E-state index in [-0.39, 0.29) is 11.9 Å². The summed E-state index contributed by atoms with van der Waals surface area (Å²) in [5.41, 5.74) is 7.91. The molecule has 0 aliphatic carbocycles. The van der Waals surface area contributed by atoms with Gasteiger partial charge in [-0.05, 0) is 42.7 Å². The Morgan fingerprint density at radius 3 is 2.70 bits per heavy atom. The second-order valence-electron chi connectivity index (χ2n) is 5.55. The zero-order valence-corrected chi connectivity index (χ0v) is 13.2. The number of hydrogen-bond acceptors (Lipinski definition) is 3. The standard InChI is InChI=1S/C16H24N2OS/c1-12-4-3-9-18(15(12)10-17)16(19)14-7-5-13(6-8-14)11-20-2/h5-8,12,15H,3-4,9-11,17H2,1-2H3. The largest absolute Gasteiger partial charge is 0.334 e. The second kappa shape index (κ2) is 7.14. The molecule has 0 spiro atoms. The van der Waals surface area contributed by atoms with E-state index in [4.69, 9.17) is 5.73 Å². The van der Waals surface area contributed by atoms with Gasteiger partial charge in [-0.25, -0.2) is 0 Å². The Kier molecular flexibility index (Phi) is 5.49. The maximum Gasteiger partial charge on any atom is 0.254 e. The van der Waals surface area contributed by atoms with Crippen molar-refractivity contribution in [2.45, 2.75) is 31.6 Å². The van der Waals surface area contributed by atoms with E-state index < -0.39 is 0 Å². The highest BCUT2D eigenvalue weighted by molar-refractivity contribution is 7.97. The minimum atomic E-state index is 0.128. The summed E-state index contributed by atoms with van der Waals surface area (Å²) in [6, 6.07) is 8.17. The fourth-order valence-corrected chi connectivity index (χ4v) is 3.46. The summed E-state index contributed by atoms with van der Waals surface area (Å²) in [5, 5.41) is 0. The Morgan fingerprint density at radius 1 is 1.40 bits per heavy atom. The third kappa shape index (κ3) is 3.36. The van der Waals surface area contributed by atoms with Crippen LogP contribution in [0.2, 0.25) is 0 Å². The van der Waals surface area contributed by atoms with E-state index in [0.717, 1.165) is 30.7 Å². The molecule has 2 N–H and O–H groups in total. The topological polar surface area (TPSA) is 46.3 Å². The van der Waals surface area contributed by atoms with Crippen molar-refractivity contribution in [3.05, 3.63) is 35.4 Å². The van der Waals surface area contributed by atoms with Crippen molar-refractivity contribution in [1.82, 2.24) is 4.90 Å². The number of rotatable bonds is 4. The molecule has 1 saturated heterocycles. The molecule has 0 aromatic heterocycles. The van der Waals surface area contributed by atoms with Crippen LogP contribution < -0.4 is 5.73 Å². The predicted octanol–water partition coefficient (Wildman–Crippen LogP) is 2.75. The van der Waals surface area contributed by atoms with Gasteiger partial charge in [0.15, 0.2) is 0 Å². The molecule has 20 heavy (non-hydrogen) atoms. The van der Waals surface area contributed by atoms with Gasteiger partial charge in [-0.3, -0.25) is 4.79 Å². The fraction of sp³-hybridized carbons (Fsp3) is 0.562. The summed E-state index contributed by atoms with van der Waals surface area (Å²) in [7, 11) is 0. The summed E-state index contributed by atoms with van der Waals surface area (Å²) in [5.74, 6) is 1.61. The monoisotopic (exact) mass is 292 g/mol. The molecule has 3 nitrogen and oxygen atoms in total. The predicted molar refractivity (Wildman–Crippen MR) is 85.9 cm³/mol. The van der Waals surface area contributed by atoms with Crippen LogP contribution in [0.5, 0.6) is 0 Å².